The van der Waals surface area contributed by atoms with E-state index in [0.717, 1.165) is 49.6 Å². The number of aliphatic carboxylic acids is 1. The summed E-state index contributed by atoms with van der Waals surface area (Å²) in [5.74, 6) is 0.00780. The number of hydrogen-bond acceptors (Lipinski definition) is 5. The number of carbonyl (C=O) groups is 1. The SMILES string of the molecule is CCCCCC(C)Nc1ncc2c(C3=CCC(C(=O)O)CC3)cc([C@H]3CC[C@H](O)CC3)n2n1. The first-order valence-electron chi connectivity index (χ1n) is 12.7. The van der Waals surface area contributed by atoms with Gasteiger partial charge in [0.05, 0.1) is 23.7 Å². The summed E-state index contributed by atoms with van der Waals surface area (Å²) in [6.45, 7) is 4.40. The number of anilines is 1. The molecule has 2 aliphatic rings. The Bertz CT molecular complexity index is 991. The summed E-state index contributed by atoms with van der Waals surface area (Å²) in [5, 5.41) is 27.7. The Kier molecular flexibility index (Phi) is 7.68. The van der Waals surface area contributed by atoms with Gasteiger partial charge in [-0.15, -0.1) is 5.10 Å². The molecule has 2 aromatic heterocycles. The molecule has 2 aliphatic carbocycles. The van der Waals surface area contributed by atoms with Crippen molar-refractivity contribution in [3.63, 3.8) is 0 Å². The van der Waals surface area contributed by atoms with Crippen molar-refractivity contribution < 1.29 is 15.0 Å². The number of nitrogens with zero attached hydrogens (tertiary/aromatic N) is 3. The van der Waals surface area contributed by atoms with Crippen molar-refractivity contribution in [3.05, 3.63) is 29.6 Å². The number of carboxylic acid groups (broad SMARTS) is 1. The van der Waals surface area contributed by atoms with Gasteiger partial charge >= 0.3 is 5.97 Å². The van der Waals surface area contributed by atoms with Crippen LogP contribution in [0.4, 0.5) is 5.95 Å². The molecule has 2 unspecified atom stereocenters. The third-order valence-electron chi connectivity index (χ3n) is 7.38. The Balaban J connectivity index is 1.64. The highest BCUT2D eigenvalue weighted by Gasteiger charge is 2.28. The summed E-state index contributed by atoms with van der Waals surface area (Å²) in [7, 11) is 0. The van der Waals surface area contributed by atoms with Gasteiger partial charge in [0.2, 0.25) is 5.95 Å². The van der Waals surface area contributed by atoms with E-state index >= 15 is 0 Å². The fraction of sp³-hybridized carbons (Fsp3) is 0.654. The number of nitrogens with one attached hydrogen (secondary N) is 1. The van der Waals surface area contributed by atoms with Crippen molar-refractivity contribution in [3.8, 4) is 0 Å². The van der Waals surface area contributed by atoms with Gasteiger partial charge in [0.25, 0.3) is 0 Å². The van der Waals surface area contributed by atoms with Gasteiger partial charge in [0.15, 0.2) is 0 Å². The van der Waals surface area contributed by atoms with Crippen LogP contribution in [-0.4, -0.2) is 42.9 Å². The summed E-state index contributed by atoms with van der Waals surface area (Å²) in [6, 6.07) is 2.56. The van der Waals surface area contributed by atoms with E-state index in [1.807, 2.05) is 6.20 Å². The molecular formula is C26H38N4O3. The van der Waals surface area contributed by atoms with E-state index in [9.17, 15) is 15.0 Å². The molecule has 1 fully saturated rings. The fourth-order valence-corrected chi connectivity index (χ4v) is 5.30. The lowest BCUT2D eigenvalue weighted by Crippen LogP contribution is -2.20. The number of unbranched alkanes of at least 4 members (excludes halogenated alkanes) is 2. The molecular weight excluding hydrogens is 416 g/mol. The lowest BCUT2D eigenvalue weighted by Gasteiger charge is -2.25. The average molecular weight is 455 g/mol. The van der Waals surface area contributed by atoms with Crippen LogP contribution in [0.15, 0.2) is 18.3 Å². The Morgan fingerprint density at radius 1 is 1.24 bits per heavy atom. The van der Waals surface area contributed by atoms with Crippen molar-refractivity contribution in [1.82, 2.24) is 14.6 Å². The van der Waals surface area contributed by atoms with Gasteiger partial charge < -0.3 is 15.5 Å². The number of carboxylic acids is 1. The Labute approximate surface area is 196 Å². The van der Waals surface area contributed by atoms with Crippen LogP contribution in [0, 0.1) is 5.92 Å². The van der Waals surface area contributed by atoms with E-state index in [1.165, 1.54) is 30.5 Å². The first-order valence-corrected chi connectivity index (χ1v) is 12.7. The van der Waals surface area contributed by atoms with E-state index in [1.54, 1.807) is 0 Å². The van der Waals surface area contributed by atoms with Crippen molar-refractivity contribution in [1.29, 1.82) is 0 Å². The van der Waals surface area contributed by atoms with Gasteiger partial charge in [-0.2, -0.15) is 0 Å². The second-order valence-electron chi connectivity index (χ2n) is 9.95. The van der Waals surface area contributed by atoms with Crippen LogP contribution in [0.2, 0.25) is 0 Å². The molecule has 7 nitrogen and oxygen atoms in total. The van der Waals surface area contributed by atoms with Crippen LogP contribution in [0.1, 0.15) is 102 Å². The molecule has 1 saturated carbocycles. The lowest BCUT2D eigenvalue weighted by molar-refractivity contribution is -0.141. The molecule has 180 valence electrons. The van der Waals surface area contributed by atoms with Gasteiger partial charge in [0, 0.05) is 23.2 Å². The van der Waals surface area contributed by atoms with Crippen LogP contribution in [0.5, 0.6) is 0 Å². The molecule has 0 amide bonds. The van der Waals surface area contributed by atoms with Crippen LogP contribution in [0.3, 0.4) is 0 Å². The average Bonchev–Trinajstić information content (AvgIpc) is 3.18. The Hall–Kier alpha value is -2.41. The predicted octanol–water partition coefficient (Wildman–Crippen LogP) is 5.40. The molecule has 0 spiro atoms. The summed E-state index contributed by atoms with van der Waals surface area (Å²) < 4.78 is 2.05. The van der Waals surface area contributed by atoms with Crippen LogP contribution >= 0.6 is 0 Å². The third kappa shape index (κ3) is 5.57. The number of rotatable bonds is 9. The minimum atomic E-state index is -0.708. The lowest BCUT2D eigenvalue weighted by atomic mass is 9.84. The zero-order chi connectivity index (χ0) is 23.4. The zero-order valence-electron chi connectivity index (χ0n) is 20.0. The smallest absolute Gasteiger partial charge is 0.306 e. The molecule has 2 heterocycles. The molecule has 2 atom stereocenters. The van der Waals surface area contributed by atoms with Crippen molar-refractivity contribution >= 4 is 23.0 Å². The maximum atomic E-state index is 11.4. The minimum Gasteiger partial charge on any atom is -0.481 e. The van der Waals surface area contributed by atoms with E-state index in [0.29, 0.717) is 30.7 Å². The van der Waals surface area contributed by atoms with Crippen molar-refractivity contribution in [2.75, 3.05) is 5.32 Å². The van der Waals surface area contributed by atoms with E-state index in [4.69, 9.17) is 5.10 Å². The molecule has 0 aromatic carbocycles. The van der Waals surface area contributed by atoms with Gasteiger partial charge in [-0.25, -0.2) is 9.50 Å². The van der Waals surface area contributed by atoms with Gasteiger partial charge in [-0.1, -0.05) is 32.3 Å². The van der Waals surface area contributed by atoms with Crippen molar-refractivity contribution in [2.24, 2.45) is 5.92 Å². The highest BCUT2D eigenvalue weighted by molar-refractivity contribution is 5.81. The number of allylic oxidation sites excluding steroid dienone is 2. The zero-order valence-corrected chi connectivity index (χ0v) is 20.0. The highest BCUT2D eigenvalue weighted by Crippen LogP contribution is 2.39. The third-order valence-corrected chi connectivity index (χ3v) is 7.38. The molecule has 0 aliphatic heterocycles. The molecule has 0 radical (unpaired) electrons. The second-order valence-corrected chi connectivity index (χ2v) is 9.95. The van der Waals surface area contributed by atoms with Gasteiger partial charge in [-0.05, 0) is 69.9 Å². The second kappa shape index (κ2) is 10.7. The monoisotopic (exact) mass is 454 g/mol. The first kappa shape index (κ1) is 23.7. The van der Waals surface area contributed by atoms with E-state index in [-0.39, 0.29) is 12.0 Å². The van der Waals surface area contributed by atoms with Gasteiger partial charge in [-0.3, -0.25) is 4.79 Å². The molecule has 33 heavy (non-hydrogen) atoms. The van der Waals surface area contributed by atoms with Crippen LogP contribution < -0.4 is 5.32 Å². The molecule has 3 N–H and O–H groups in total. The normalized spacial score (nSPS) is 24.5. The van der Waals surface area contributed by atoms with E-state index < -0.39 is 5.97 Å². The topological polar surface area (TPSA) is 99.8 Å². The fourth-order valence-electron chi connectivity index (χ4n) is 5.30. The summed E-state index contributed by atoms with van der Waals surface area (Å²) >= 11 is 0. The maximum Gasteiger partial charge on any atom is 0.306 e. The summed E-state index contributed by atoms with van der Waals surface area (Å²) in [5.41, 5.74) is 4.49. The Morgan fingerprint density at radius 3 is 2.70 bits per heavy atom. The molecule has 2 aromatic rings. The molecule has 4 rings (SSSR count). The van der Waals surface area contributed by atoms with Crippen LogP contribution in [-0.2, 0) is 4.79 Å². The summed E-state index contributed by atoms with van der Waals surface area (Å²) in [6.07, 6.45) is 14.1. The number of aliphatic hydroxyl groups excluding tert-OH is 1. The maximum absolute atomic E-state index is 11.4. The number of hydrogen-bond donors (Lipinski definition) is 3. The highest BCUT2D eigenvalue weighted by atomic mass is 16.4. The number of aromatic nitrogens is 3. The minimum absolute atomic E-state index is 0.197. The van der Waals surface area contributed by atoms with Crippen molar-refractivity contribution in [2.45, 2.75) is 103 Å². The molecule has 0 saturated heterocycles. The standard InChI is InChI=1S/C26H38N4O3/c1-3-4-5-6-17(2)28-26-27-16-24-22(18-7-9-20(10-8-18)25(32)33)15-23(30(24)29-26)19-11-13-21(31)14-12-19/h7,15-17,19-21,31H,3-6,8-14H2,1-2H3,(H,28,29)(H,32,33)/t17?,19-,20?,21-. The number of aliphatic hydroxyl groups is 1. The predicted molar refractivity (Wildman–Crippen MR) is 130 cm³/mol. The quantitative estimate of drug-likeness (QED) is 0.439. The van der Waals surface area contributed by atoms with Gasteiger partial charge in [0.1, 0.15) is 0 Å². The molecule has 0 bridgehead atoms. The number of fused-ring (bicyclic) bond motifs is 1. The Morgan fingerprint density at radius 2 is 2.03 bits per heavy atom. The largest absolute Gasteiger partial charge is 0.481 e. The van der Waals surface area contributed by atoms with E-state index in [2.05, 4.69) is 40.8 Å². The summed E-state index contributed by atoms with van der Waals surface area (Å²) in [4.78, 5) is 16.0. The molecule has 7 heteroatoms. The first-order chi connectivity index (χ1) is 16.0. The van der Waals surface area contributed by atoms with Crippen LogP contribution in [0.25, 0.3) is 11.1 Å².